The number of carbonyl (C=O) groups excluding carboxylic acids is 1. The number of pyridine rings is 1. The molecule has 0 saturated carbocycles. The normalized spacial score (nSPS) is 10.5. The van der Waals surface area contributed by atoms with Crippen molar-refractivity contribution in [3.05, 3.63) is 114 Å². The van der Waals surface area contributed by atoms with Crippen LogP contribution in [0.1, 0.15) is 17.0 Å². The van der Waals surface area contributed by atoms with E-state index < -0.39 is 5.92 Å². The van der Waals surface area contributed by atoms with Gasteiger partial charge in [-0.15, -0.1) is 0 Å². The lowest BCUT2D eigenvalue weighted by Crippen LogP contribution is -2.22. The van der Waals surface area contributed by atoms with Gasteiger partial charge >= 0.3 is 0 Å². The van der Waals surface area contributed by atoms with Crippen molar-refractivity contribution in [3.63, 3.8) is 0 Å². The van der Waals surface area contributed by atoms with E-state index in [0.717, 1.165) is 16.9 Å². The maximum atomic E-state index is 13.4. The number of hydrogen-bond acceptors (Lipinski definition) is 4. The second-order valence-corrected chi connectivity index (χ2v) is 6.88. The summed E-state index contributed by atoms with van der Waals surface area (Å²) in [6.07, 6.45) is 1.63. The smallest absolute Gasteiger partial charge is 0.243 e. The maximum absolute atomic E-state index is 13.4. The van der Waals surface area contributed by atoms with Crippen molar-refractivity contribution < 1.29 is 14.3 Å². The quantitative estimate of drug-likeness (QED) is 0.427. The highest BCUT2D eigenvalue weighted by Crippen LogP contribution is 2.31. The van der Waals surface area contributed by atoms with E-state index in [-0.39, 0.29) is 5.91 Å². The van der Waals surface area contributed by atoms with Gasteiger partial charge in [-0.3, -0.25) is 4.79 Å². The Bertz CT molecular complexity index is 1090. The summed E-state index contributed by atoms with van der Waals surface area (Å²) in [7, 11) is 1.61. The Hall–Kier alpha value is -4.12. The third-order valence-electron chi connectivity index (χ3n) is 4.83. The molecule has 154 valence electrons. The topological polar surface area (TPSA) is 60.5 Å². The van der Waals surface area contributed by atoms with Crippen LogP contribution in [0.15, 0.2) is 103 Å². The molecule has 0 aliphatic rings. The summed E-state index contributed by atoms with van der Waals surface area (Å²) < 4.78 is 11.1. The highest BCUT2D eigenvalue weighted by atomic mass is 16.5. The first-order valence-electron chi connectivity index (χ1n) is 9.92. The number of carbonyl (C=O) groups is 1. The molecule has 4 aromatic rings. The van der Waals surface area contributed by atoms with Gasteiger partial charge in [0.1, 0.15) is 17.2 Å². The van der Waals surface area contributed by atoms with Gasteiger partial charge in [0.2, 0.25) is 11.8 Å². The first-order chi connectivity index (χ1) is 15.2. The monoisotopic (exact) mass is 410 g/mol. The minimum Gasteiger partial charge on any atom is -0.497 e. The zero-order valence-corrected chi connectivity index (χ0v) is 17.1. The molecule has 3 aromatic carbocycles. The van der Waals surface area contributed by atoms with Crippen molar-refractivity contribution in [2.75, 3.05) is 12.4 Å². The van der Waals surface area contributed by atoms with E-state index in [2.05, 4.69) is 10.3 Å². The van der Waals surface area contributed by atoms with Crippen molar-refractivity contribution in [2.24, 2.45) is 0 Å². The van der Waals surface area contributed by atoms with Gasteiger partial charge in [-0.2, -0.15) is 0 Å². The molecule has 0 unspecified atom stereocenters. The fourth-order valence-electron chi connectivity index (χ4n) is 3.31. The average molecular weight is 410 g/mol. The molecule has 5 nitrogen and oxygen atoms in total. The zero-order chi connectivity index (χ0) is 21.5. The molecular weight excluding hydrogens is 388 g/mol. The Labute approximate surface area is 181 Å². The fraction of sp³-hybridized carbons (Fsp3) is 0.0769. The molecule has 1 amide bonds. The van der Waals surface area contributed by atoms with Crippen LogP contribution in [0.5, 0.6) is 17.4 Å². The Morgan fingerprint density at radius 1 is 0.774 bits per heavy atom. The van der Waals surface area contributed by atoms with Gasteiger partial charge in [0, 0.05) is 6.20 Å². The van der Waals surface area contributed by atoms with Crippen LogP contribution < -0.4 is 14.8 Å². The summed E-state index contributed by atoms with van der Waals surface area (Å²) in [6, 6.07) is 30.1. The summed E-state index contributed by atoms with van der Waals surface area (Å²) in [5.41, 5.74) is 2.32. The Balaban J connectivity index is 1.61. The SMILES string of the molecule is COc1ccc(Oc2ncccc2NC(=O)C(c2ccccc2)c2ccccc2)cc1. The number of methoxy groups -OCH3 is 1. The van der Waals surface area contributed by atoms with E-state index in [9.17, 15) is 4.79 Å². The van der Waals surface area contributed by atoms with Crippen molar-refractivity contribution in [1.82, 2.24) is 4.98 Å². The molecule has 31 heavy (non-hydrogen) atoms. The molecule has 0 radical (unpaired) electrons. The van der Waals surface area contributed by atoms with E-state index in [1.807, 2.05) is 60.7 Å². The lowest BCUT2D eigenvalue weighted by Gasteiger charge is -2.19. The van der Waals surface area contributed by atoms with E-state index in [1.54, 1.807) is 49.7 Å². The predicted molar refractivity (Wildman–Crippen MR) is 121 cm³/mol. The van der Waals surface area contributed by atoms with Crippen LogP contribution in [0.2, 0.25) is 0 Å². The van der Waals surface area contributed by atoms with Crippen LogP contribution in [0, 0.1) is 0 Å². The Morgan fingerprint density at radius 3 is 1.94 bits per heavy atom. The second kappa shape index (κ2) is 9.59. The molecule has 5 heteroatoms. The summed E-state index contributed by atoms with van der Waals surface area (Å²) in [4.78, 5) is 17.7. The number of hydrogen-bond donors (Lipinski definition) is 1. The first-order valence-corrected chi connectivity index (χ1v) is 9.92. The first kappa shape index (κ1) is 20.2. The second-order valence-electron chi connectivity index (χ2n) is 6.88. The summed E-state index contributed by atoms with van der Waals surface area (Å²) >= 11 is 0. The Kier molecular flexibility index (Phi) is 6.24. The molecule has 0 aliphatic heterocycles. The van der Waals surface area contributed by atoms with Gasteiger partial charge in [-0.25, -0.2) is 4.98 Å². The lowest BCUT2D eigenvalue weighted by molar-refractivity contribution is -0.116. The zero-order valence-electron chi connectivity index (χ0n) is 17.1. The van der Waals surface area contributed by atoms with Gasteiger partial charge in [-0.05, 0) is 47.5 Å². The summed E-state index contributed by atoms with van der Waals surface area (Å²) in [6.45, 7) is 0. The van der Waals surface area contributed by atoms with Gasteiger partial charge in [-0.1, -0.05) is 60.7 Å². The van der Waals surface area contributed by atoms with Crippen LogP contribution in [0.25, 0.3) is 0 Å². The van der Waals surface area contributed by atoms with Crippen molar-refractivity contribution >= 4 is 11.6 Å². The molecule has 0 bridgehead atoms. The minimum absolute atomic E-state index is 0.162. The number of benzene rings is 3. The van der Waals surface area contributed by atoms with Crippen molar-refractivity contribution in [1.29, 1.82) is 0 Å². The molecule has 1 N–H and O–H groups in total. The van der Waals surface area contributed by atoms with E-state index >= 15 is 0 Å². The number of anilines is 1. The molecular formula is C26H22N2O3. The largest absolute Gasteiger partial charge is 0.497 e. The van der Waals surface area contributed by atoms with Crippen LogP contribution in [-0.4, -0.2) is 18.0 Å². The molecule has 0 spiro atoms. The standard InChI is InChI=1S/C26H22N2O3/c1-30-21-14-16-22(17-15-21)31-26-23(13-8-18-27-26)28-25(29)24(19-9-4-2-5-10-19)20-11-6-3-7-12-20/h2-18,24H,1H3,(H,28,29). The highest BCUT2D eigenvalue weighted by Gasteiger charge is 2.23. The van der Waals surface area contributed by atoms with Crippen molar-refractivity contribution in [3.8, 4) is 17.4 Å². The molecule has 0 atom stereocenters. The Morgan fingerprint density at radius 2 is 1.35 bits per heavy atom. The predicted octanol–water partition coefficient (Wildman–Crippen LogP) is 5.65. The van der Waals surface area contributed by atoms with Crippen LogP contribution >= 0.6 is 0 Å². The van der Waals surface area contributed by atoms with E-state index in [0.29, 0.717) is 17.3 Å². The summed E-state index contributed by atoms with van der Waals surface area (Å²) in [5, 5.41) is 3.00. The van der Waals surface area contributed by atoms with Gasteiger partial charge in [0.15, 0.2) is 0 Å². The van der Waals surface area contributed by atoms with Crippen LogP contribution in [0.3, 0.4) is 0 Å². The van der Waals surface area contributed by atoms with Gasteiger partial charge in [0.05, 0.1) is 13.0 Å². The third-order valence-corrected chi connectivity index (χ3v) is 4.83. The number of nitrogens with one attached hydrogen (secondary N) is 1. The number of nitrogens with zero attached hydrogens (tertiary/aromatic N) is 1. The number of aromatic nitrogens is 1. The molecule has 4 rings (SSSR count). The van der Waals surface area contributed by atoms with Crippen LogP contribution in [-0.2, 0) is 4.79 Å². The number of amides is 1. The van der Waals surface area contributed by atoms with E-state index in [4.69, 9.17) is 9.47 Å². The molecule has 0 aliphatic carbocycles. The molecule has 1 heterocycles. The lowest BCUT2D eigenvalue weighted by atomic mass is 9.90. The fourth-order valence-corrected chi connectivity index (χ4v) is 3.31. The molecule has 1 aromatic heterocycles. The molecule has 0 saturated heterocycles. The number of ether oxygens (including phenoxy) is 2. The highest BCUT2D eigenvalue weighted by molar-refractivity contribution is 5.99. The number of rotatable bonds is 7. The van der Waals surface area contributed by atoms with E-state index in [1.165, 1.54) is 0 Å². The van der Waals surface area contributed by atoms with Crippen molar-refractivity contribution in [2.45, 2.75) is 5.92 Å². The van der Waals surface area contributed by atoms with Crippen LogP contribution in [0.4, 0.5) is 5.69 Å². The third kappa shape index (κ3) is 4.90. The minimum atomic E-state index is -0.462. The maximum Gasteiger partial charge on any atom is 0.243 e. The van der Waals surface area contributed by atoms with Gasteiger partial charge < -0.3 is 14.8 Å². The average Bonchev–Trinajstić information content (AvgIpc) is 2.82. The molecule has 0 fully saturated rings. The van der Waals surface area contributed by atoms with Gasteiger partial charge in [0.25, 0.3) is 0 Å². The summed E-state index contributed by atoms with van der Waals surface area (Å²) in [5.74, 6) is 1.02.